The van der Waals surface area contributed by atoms with Crippen LogP contribution in [-0.2, 0) is 10.0 Å². The van der Waals surface area contributed by atoms with Gasteiger partial charge in [0.25, 0.3) is 10.0 Å². The van der Waals surface area contributed by atoms with Gasteiger partial charge in [-0.2, -0.15) is 4.31 Å². The van der Waals surface area contributed by atoms with E-state index in [1.807, 2.05) is 12.2 Å². The van der Waals surface area contributed by atoms with Crippen LogP contribution in [0.4, 0.5) is 0 Å². The number of rotatable bonds is 2. The molecule has 0 radical (unpaired) electrons. The number of sulfonamides is 1. The summed E-state index contributed by atoms with van der Waals surface area (Å²) in [6, 6.07) is 4.95. The van der Waals surface area contributed by atoms with Crippen molar-refractivity contribution in [3.63, 3.8) is 0 Å². The molecule has 5 heteroatoms. The van der Waals surface area contributed by atoms with Crippen LogP contribution in [-0.4, -0.2) is 30.8 Å². The van der Waals surface area contributed by atoms with Gasteiger partial charge in [0.15, 0.2) is 5.03 Å². The number of allylic oxidation sites excluding steroid dienone is 1. The standard InChI is InChI=1S/C13H18N2O2S/c1-13(2)8-4-6-10-15(11-13)18(16,17)12-7-3-5-9-14-12/h3-7,9H,8,10-11H2,1-2H3. The maximum atomic E-state index is 12.5. The molecule has 0 saturated heterocycles. The molecular weight excluding hydrogens is 248 g/mol. The first-order valence-corrected chi connectivity index (χ1v) is 7.42. The van der Waals surface area contributed by atoms with Crippen molar-refractivity contribution < 1.29 is 8.42 Å². The third-order valence-electron chi connectivity index (χ3n) is 2.99. The fourth-order valence-corrected chi connectivity index (χ4v) is 3.53. The molecule has 0 spiro atoms. The molecule has 18 heavy (non-hydrogen) atoms. The summed E-state index contributed by atoms with van der Waals surface area (Å²) in [5.74, 6) is 0. The summed E-state index contributed by atoms with van der Waals surface area (Å²) in [5.41, 5.74) is -0.0468. The molecule has 2 heterocycles. The average Bonchev–Trinajstić information content (AvgIpc) is 2.51. The maximum absolute atomic E-state index is 12.5. The Labute approximate surface area is 108 Å². The SMILES string of the molecule is CC1(C)CC=CCN(S(=O)(=O)c2ccccn2)C1. The van der Waals surface area contributed by atoms with Crippen molar-refractivity contribution in [1.29, 1.82) is 0 Å². The van der Waals surface area contributed by atoms with Crippen molar-refractivity contribution in [1.82, 2.24) is 9.29 Å². The molecule has 0 atom stereocenters. The van der Waals surface area contributed by atoms with E-state index in [4.69, 9.17) is 0 Å². The van der Waals surface area contributed by atoms with Crippen LogP contribution in [0.1, 0.15) is 20.3 Å². The van der Waals surface area contributed by atoms with E-state index in [0.717, 1.165) is 6.42 Å². The molecule has 0 unspecified atom stereocenters. The van der Waals surface area contributed by atoms with Crippen LogP contribution in [0.5, 0.6) is 0 Å². The summed E-state index contributed by atoms with van der Waals surface area (Å²) >= 11 is 0. The van der Waals surface area contributed by atoms with Crippen LogP contribution in [0, 0.1) is 5.41 Å². The van der Waals surface area contributed by atoms with Gasteiger partial charge in [-0.15, -0.1) is 0 Å². The molecule has 98 valence electrons. The van der Waals surface area contributed by atoms with Gasteiger partial charge in [-0.1, -0.05) is 32.1 Å². The highest BCUT2D eigenvalue weighted by atomic mass is 32.2. The largest absolute Gasteiger partial charge is 0.260 e. The van der Waals surface area contributed by atoms with Crippen molar-refractivity contribution in [2.45, 2.75) is 25.3 Å². The second-order valence-electron chi connectivity index (χ2n) is 5.31. The first kappa shape index (κ1) is 13.2. The van der Waals surface area contributed by atoms with Gasteiger partial charge in [-0.3, -0.25) is 0 Å². The number of aromatic nitrogens is 1. The Morgan fingerprint density at radius 1 is 1.28 bits per heavy atom. The lowest BCUT2D eigenvalue weighted by Gasteiger charge is -2.28. The smallest absolute Gasteiger partial charge is 0.243 e. The van der Waals surface area contributed by atoms with E-state index in [0.29, 0.717) is 13.1 Å². The molecular formula is C13H18N2O2S. The van der Waals surface area contributed by atoms with Gasteiger partial charge in [0.2, 0.25) is 0 Å². The van der Waals surface area contributed by atoms with Crippen molar-refractivity contribution >= 4 is 10.0 Å². The molecule has 1 aliphatic heterocycles. The predicted octanol–water partition coefficient (Wildman–Crippen LogP) is 2.06. The zero-order valence-corrected chi connectivity index (χ0v) is 11.5. The van der Waals surface area contributed by atoms with E-state index in [2.05, 4.69) is 18.8 Å². The van der Waals surface area contributed by atoms with Crippen molar-refractivity contribution in [3.05, 3.63) is 36.5 Å². The van der Waals surface area contributed by atoms with Crippen LogP contribution in [0.25, 0.3) is 0 Å². The number of hydrogen-bond acceptors (Lipinski definition) is 3. The molecule has 1 aromatic rings. The highest BCUT2D eigenvalue weighted by molar-refractivity contribution is 7.89. The van der Waals surface area contributed by atoms with Crippen LogP contribution in [0.3, 0.4) is 0 Å². The molecule has 4 nitrogen and oxygen atoms in total. The molecule has 0 saturated carbocycles. The van der Waals surface area contributed by atoms with Gasteiger partial charge >= 0.3 is 0 Å². The third kappa shape index (κ3) is 2.79. The quantitative estimate of drug-likeness (QED) is 0.770. The second-order valence-corrected chi connectivity index (χ2v) is 7.19. The Hall–Kier alpha value is -1.20. The molecule has 0 amide bonds. The van der Waals surface area contributed by atoms with Gasteiger partial charge in [-0.05, 0) is 24.0 Å². The maximum Gasteiger partial charge on any atom is 0.260 e. The molecule has 2 rings (SSSR count). The second kappa shape index (κ2) is 4.82. The van der Waals surface area contributed by atoms with Crippen LogP contribution < -0.4 is 0 Å². The normalized spacial score (nSPS) is 20.6. The minimum Gasteiger partial charge on any atom is -0.243 e. The topological polar surface area (TPSA) is 50.3 Å². The minimum atomic E-state index is -3.49. The lowest BCUT2D eigenvalue weighted by molar-refractivity contribution is 0.281. The third-order valence-corrected chi connectivity index (χ3v) is 4.72. The van der Waals surface area contributed by atoms with Crippen molar-refractivity contribution in [2.75, 3.05) is 13.1 Å². The molecule has 0 N–H and O–H groups in total. The predicted molar refractivity (Wildman–Crippen MR) is 70.5 cm³/mol. The molecule has 0 fully saturated rings. The zero-order valence-electron chi connectivity index (χ0n) is 10.7. The van der Waals surface area contributed by atoms with Gasteiger partial charge in [-0.25, -0.2) is 13.4 Å². The van der Waals surface area contributed by atoms with Gasteiger partial charge in [0, 0.05) is 19.3 Å². The lowest BCUT2D eigenvalue weighted by Crippen LogP contribution is -2.38. The molecule has 1 aromatic heterocycles. The Morgan fingerprint density at radius 3 is 2.72 bits per heavy atom. The highest BCUT2D eigenvalue weighted by Gasteiger charge is 2.31. The van der Waals surface area contributed by atoms with E-state index in [-0.39, 0.29) is 10.4 Å². The zero-order chi connectivity index (χ0) is 13.2. The fraction of sp³-hybridized carbons (Fsp3) is 0.462. The number of pyridine rings is 1. The Morgan fingerprint density at radius 2 is 2.06 bits per heavy atom. The van der Waals surface area contributed by atoms with Crippen LogP contribution in [0.15, 0.2) is 41.6 Å². The molecule has 1 aliphatic rings. The highest BCUT2D eigenvalue weighted by Crippen LogP contribution is 2.27. The first-order valence-electron chi connectivity index (χ1n) is 5.98. The summed E-state index contributed by atoms with van der Waals surface area (Å²) < 4.78 is 26.4. The van der Waals surface area contributed by atoms with E-state index in [9.17, 15) is 8.42 Å². The fourth-order valence-electron chi connectivity index (χ4n) is 2.02. The summed E-state index contributed by atoms with van der Waals surface area (Å²) in [6.45, 7) is 5.08. The van der Waals surface area contributed by atoms with Crippen LogP contribution >= 0.6 is 0 Å². The van der Waals surface area contributed by atoms with Crippen molar-refractivity contribution in [3.8, 4) is 0 Å². The average molecular weight is 266 g/mol. The molecule has 0 aromatic carbocycles. The Kier molecular flexibility index (Phi) is 3.54. The van der Waals surface area contributed by atoms with E-state index in [1.165, 1.54) is 16.6 Å². The van der Waals surface area contributed by atoms with Gasteiger partial charge < -0.3 is 0 Å². The number of nitrogens with zero attached hydrogens (tertiary/aromatic N) is 2. The van der Waals surface area contributed by atoms with E-state index >= 15 is 0 Å². The number of hydrogen-bond donors (Lipinski definition) is 0. The van der Waals surface area contributed by atoms with Gasteiger partial charge in [0.05, 0.1) is 0 Å². The summed E-state index contributed by atoms with van der Waals surface area (Å²) in [6.07, 6.45) is 6.36. The first-order chi connectivity index (χ1) is 8.42. The molecule has 0 bridgehead atoms. The Bertz CT molecular complexity index is 535. The van der Waals surface area contributed by atoms with Crippen molar-refractivity contribution in [2.24, 2.45) is 5.41 Å². The van der Waals surface area contributed by atoms with Gasteiger partial charge in [0.1, 0.15) is 0 Å². The van der Waals surface area contributed by atoms with E-state index in [1.54, 1.807) is 12.1 Å². The monoisotopic (exact) mass is 266 g/mol. The Balaban J connectivity index is 2.33. The van der Waals surface area contributed by atoms with E-state index < -0.39 is 10.0 Å². The summed E-state index contributed by atoms with van der Waals surface area (Å²) in [7, 11) is -3.49. The lowest BCUT2D eigenvalue weighted by atomic mass is 9.90. The molecule has 0 aliphatic carbocycles. The minimum absolute atomic E-state index is 0.0468. The summed E-state index contributed by atoms with van der Waals surface area (Å²) in [5, 5.41) is 0.121. The summed E-state index contributed by atoms with van der Waals surface area (Å²) in [4.78, 5) is 3.95. The van der Waals surface area contributed by atoms with Crippen LogP contribution in [0.2, 0.25) is 0 Å².